The first kappa shape index (κ1) is 19.2. The maximum atomic E-state index is 11.9. The van der Waals surface area contributed by atoms with E-state index in [0.29, 0.717) is 0 Å². The fourth-order valence-electron chi connectivity index (χ4n) is 0.863. The molecule has 0 rings (SSSR count). The summed E-state index contributed by atoms with van der Waals surface area (Å²) < 4.78 is 94.6. The smallest absolute Gasteiger partial charge is 0.422 e. The summed E-state index contributed by atoms with van der Waals surface area (Å²) in [5.74, 6) is -1.64. The number of carbonyl (C=O) groups excluding carboxylic acids is 1. The highest BCUT2D eigenvalue weighted by Gasteiger charge is 2.37. The van der Waals surface area contributed by atoms with E-state index in [2.05, 4.69) is 13.8 Å². The number of hydrogen-bond acceptors (Lipinski definition) is 5. The van der Waals surface area contributed by atoms with Crippen LogP contribution in [-0.2, 0) is 23.1 Å². The van der Waals surface area contributed by atoms with E-state index in [1.165, 1.54) is 6.92 Å². The normalized spacial score (nSPS) is 15.8. The van der Waals surface area contributed by atoms with E-state index in [4.69, 9.17) is 0 Å². The van der Waals surface area contributed by atoms with Gasteiger partial charge in [0.2, 0.25) is 0 Å². The fourth-order valence-corrected chi connectivity index (χ4v) is 2.26. The lowest BCUT2D eigenvalue weighted by molar-refractivity contribution is -0.184. The Morgan fingerprint density at radius 1 is 1.00 bits per heavy atom. The average molecular weight is 332 g/mol. The van der Waals surface area contributed by atoms with Crippen molar-refractivity contribution in [3.05, 3.63) is 0 Å². The molecule has 0 aromatic carbocycles. The molecule has 0 heterocycles. The molecule has 1 unspecified atom stereocenters. The molecule has 0 amide bonds. The minimum Gasteiger partial charge on any atom is -0.456 e. The number of esters is 1. The van der Waals surface area contributed by atoms with E-state index in [1.807, 2.05) is 0 Å². The fraction of sp³-hybridized carbons (Fsp3) is 0.875. The van der Waals surface area contributed by atoms with Crippen LogP contribution in [0.25, 0.3) is 0 Å². The Morgan fingerprint density at radius 3 is 1.90 bits per heavy atom. The SMILES string of the molecule is CCOP(=O)(CC(=O)OCC(F)(F)F)OCC(F)(F)F. The zero-order valence-electron chi connectivity index (χ0n) is 10.1. The van der Waals surface area contributed by atoms with Crippen molar-refractivity contribution in [2.75, 3.05) is 26.0 Å². The Labute approximate surface area is 109 Å². The molecule has 12 heteroatoms. The Kier molecular flexibility index (Phi) is 6.99. The Morgan fingerprint density at radius 2 is 1.50 bits per heavy atom. The number of halogens is 6. The van der Waals surface area contributed by atoms with Gasteiger partial charge in [0.15, 0.2) is 13.2 Å². The van der Waals surface area contributed by atoms with Crippen molar-refractivity contribution in [1.82, 2.24) is 0 Å². The molecular weight excluding hydrogens is 321 g/mol. The van der Waals surface area contributed by atoms with Crippen molar-refractivity contribution < 1.29 is 49.5 Å². The molecule has 0 fully saturated rings. The maximum Gasteiger partial charge on any atom is 0.422 e. The summed E-state index contributed by atoms with van der Waals surface area (Å²) in [5, 5.41) is 0. The van der Waals surface area contributed by atoms with Crippen molar-refractivity contribution in [1.29, 1.82) is 0 Å². The van der Waals surface area contributed by atoms with E-state index in [1.54, 1.807) is 0 Å². The van der Waals surface area contributed by atoms with Crippen LogP contribution >= 0.6 is 7.60 Å². The van der Waals surface area contributed by atoms with Gasteiger partial charge in [0.25, 0.3) is 0 Å². The van der Waals surface area contributed by atoms with E-state index in [-0.39, 0.29) is 6.61 Å². The van der Waals surface area contributed by atoms with E-state index in [9.17, 15) is 35.7 Å². The van der Waals surface area contributed by atoms with Crippen molar-refractivity contribution in [2.24, 2.45) is 0 Å². The number of hydrogen-bond donors (Lipinski definition) is 0. The molecule has 0 saturated carbocycles. The molecule has 5 nitrogen and oxygen atoms in total. The van der Waals surface area contributed by atoms with Gasteiger partial charge in [0.1, 0.15) is 6.16 Å². The van der Waals surface area contributed by atoms with E-state index < -0.39 is 45.3 Å². The lowest BCUT2D eigenvalue weighted by Crippen LogP contribution is -2.23. The molecule has 0 aliphatic heterocycles. The monoisotopic (exact) mass is 332 g/mol. The summed E-state index contributed by atoms with van der Waals surface area (Å²) in [6.45, 7) is -3.01. The van der Waals surface area contributed by atoms with Crippen molar-refractivity contribution in [3.63, 3.8) is 0 Å². The van der Waals surface area contributed by atoms with Gasteiger partial charge in [-0.05, 0) is 6.92 Å². The molecule has 0 aliphatic rings. The van der Waals surface area contributed by atoms with E-state index >= 15 is 0 Å². The standard InChI is InChI=1S/C8H11F6O5P/c1-2-18-20(16,19-5-8(12,13)14)3-6(15)17-4-7(9,10)11/h2-5H2,1H3. The Balaban J connectivity index is 4.52. The molecule has 0 aromatic rings. The van der Waals surface area contributed by atoms with Gasteiger partial charge in [-0.2, -0.15) is 26.3 Å². The topological polar surface area (TPSA) is 61.8 Å². The predicted octanol–water partition coefficient (Wildman–Crippen LogP) is 2.90. The molecule has 120 valence electrons. The van der Waals surface area contributed by atoms with Crippen LogP contribution in [0.4, 0.5) is 26.3 Å². The lowest BCUT2D eigenvalue weighted by Gasteiger charge is -2.18. The highest BCUT2D eigenvalue weighted by molar-refractivity contribution is 7.54. The summed E-state index contributed by atoms with van der Waals surface area (Å²) in [4.78, 5) is 11.0. The van der Waals surface area contributed by atoms with Gasteiger partial charge >= 0.3 is 25.9 Å². The Bertz CT molecular complexity index is 365. The first-order valence-corrected chi connectivity index (χ1v) is 6.77. The summed E-state index contributed by atoms with van der Waals surface area (Å²) >= 11 is 0. The molecule has 0 radical (unpaired) electrons. The van der Waals surface area contributed by atoms with Gasteiger partial charge in [-0.15, -0.1) is 0 Å². The Hall–Kier alpha value is -0.800. The molecule has 0 aliphatic carbocycles. The molecule has 0 spiro atoms. The highest BCUT2D eigenvalue weighted by Crippen LogP contribution is 2.49. The van der Waals surface area contributed by atoms with Gasteiger partial charge in [0.05, 0.1) is 6.61 Å². The minimum absolute atomic E-state index is 0.359. The summed E-state index contributed by atoms with van der Waals surface area (Å²) in [6.07, 6.45) is -11.0. The summed E-state index contributed by atoms with van der Waals surface area (Å²) in [7, 11) is -4.52. The second kappa shape index (κ2) is 7.28. The summed E-state index contributed by atoms with van der Waals surface area (Å²) in [5.41, 5.74) is 0. The molecule has 0 saturated heterocycles. The third kappa shape index (κ3) is 10.0. The van der Waals surface area contributed by atoms with Gasteiger partial charge in [-0.3, -0.25) is 13.9 Å². The van der Waals surface area contributed by atoms with E-state index in [0.717, 1.165) is 0 Å². The van der Waals surface area contributed by atoms with Crippen LogP contribution < -0.4 is 0 Å². The van der Waals surface area contributed by atoms with Crippen LogP contribution in [0.15, 0.2) is 0 Å². The third-order valence-corrected chi connectivity index (χ3v) is 3.29. The molecule has 0 aromatic heterocycles. The zero-order chi connectivity index (χ0) is 16.0. The second-order valence-corrected chi connectivity index (χ2v) is 5.41. The lowest BCUT2D eigenvalue weighted by atomic mass is 10.7. The number of alkyl halides is 6. The van der Waals surface area contributed by atoms with Crippen LogP contribution in [-0.4, -0.2) is 44.3 Å². The molecule has 0 bridgehead atoms. The third-order valence-electron chi connectivity index (χ3n) is 1.47. The number of ether oxygens (including phenoxy) is 1. The number of rotatable bonds is 7. The van der Waals surface area contributed by atoms with Gasteiger partial charge in [-0.1, -0.05) is 0 Å². The molecule has 20 heavy (non-hydrogen) atoms. The maximum absolute atomic E-state index is 11.9. The van der Waals surface area contributed by atoms with Gasteiger partial charge < -0.3 is 9.26 Å². The van der Waals surface area contributed by atoms with Crippen LogP contribution in [0.2, 0.25) is 0 Å². The van der Waals surface area contributed by atoms with Crippen LogP contribution in [0.1, 0.15) is 6.92 Å². The largest absolute Gasteiger partial charge is 0.456 e. The molecule has 0 N–H and O–H groups in total. The second-order valence-electron chi connectivity index (χ2n) is 3.35. The first-order chi connectivity index (χ1) is 8.87. The summed E-state index contributed by atoms with van der Waals surface area (Å²) in [6, 6.07) is 0. The highest BCUT2D eigenvalue weighted by atomic mass is 31.2. The zero-order valence-corrected chi connectivity index (χ0v) is 11.0. The number of carbonyl (C=O) groups is 1. The van der Waals surface area contributed by atoms with Crippen molar-refractivity contribution in [3.8, 4) is 0 Å². The van der Waals surface area contributed by atoms with Crippen molar-refractivity contribution >= 4 is 13.6 Å². The van der Waals surface area contributed by atoms with Gasteiger partial charge in [-0.25, -0.2) is 0 Å². The molecule has 1 atom stereocenters. The quantitative estimate of drug-likeness (QED) is 0.408. The molecular formula is C8H11F6O5P. The predicted molar refractivity (Wildman–Crippen MR) is 53.1 cm³/mol. The first-order valence-electron chi connectivity index (χ1n) is 5.04. The minimum atomic E-state index is -4.83. The van der Waals surface area contributed by atoms with Crippen molar-refractivity contribution in [2.45, 2.75) is 19.3 Å². The van der Waals surface area contributed by atoms with Crippen LogP contribution in [0.3, 0.4) is 0 Å². The van der Waals surface area contributed by atoms with Crippen LogP contribution in [0.5, 0.6) is 0 Å². The average Bonchev–Trinajstić information content (AvgIpc) is 2.22. The van der Waals surface area contributed by atoms with Gasteiger partial charge in [0, 0.05) is 0 Å². The van der Waals surface area contributed by atoms with Crippen LogP contribution in [0, 0.1) is 0 Å².